The van der Waals surface area contributed by atoms with E-state index in [1.165, 1.54) is 29.5 Å². The number of hydrogen-bond donors (Lipinski definition) is 2. The van der Waals surface area contributed by atoms with Crippen molar-refractivity contribution in [3.63, 3.8) is 0 Å². The lowest BCUT2D eigenvalue weighted by Gasteiger charge is -2.08. The molecule has 2 amide bonds. The third kappa shape index (κ3) is 4.90. The SMILES string of the molecule is C/C(=N/NC(=O)c1ccc(Br)s1)c1cccc(NC(=O)c2ccccc2F)c1. The molecule has 3 aromatic rings. The van der Waals surface area contributed by atoms with Gasteiger partial charge >= 0.3 is 0 Å². The number of hydrogen-bond acceptors (Lipinski definition) is 4. The third-order valence-electron chi connectivity index (χ3n) is 3.78. The number of carbonyl (C=O) groups is 2. The van der Waals surface area contributed by atoms with E-state index in [9.17, 15) is 14.0 Å². The summed E-state index contributed by atoms with van der Waals surface area (Å²) < 4.78 is 14.6. The van der Waals surface area contributed by atoms with Crippen molar-refractivity contribution in [2.75, 3.05) is 5.32 Å². The second-order valence-corrected chi connectivity index (χ2v) is 8.22. The first-order chi connectivity index (χ1) is 13.4. The Bertz CT molecular complexity index is 1060. The number of nitrogens with zero attached hydrogens (tertiary/aromatic N) is 1. The van der Waals surface area contributed by atoms with Gasteiger partial charge in [-0.3, -0.25) is 9.59 Å². The summed E-state index contributed by atoms with van der Waals surface area (Å²) in [6.07, 6.45) is 0. The first-order valence-corrected chi connectivity index (χ1v) is 9.81. The molecule has 0 spiro atoms. The van der Waals surface area contributed by atoms with E-state index >= 15 is 0 Å². The molecule has 0 saturated carbocycles. The minimum absolute atomic E-state index is 0.0346. The highest BCUT2D eigenvalue weighted by Gasteiger charge is 2.12. The summed E-state index contributed by atoms with van der Waals surface area (Å²) in [6, 6.07) is 16.2. The maximum Gasteiger partial charge on any atom is 0.281 e. The molecule has 0 radical (unpaired) electrons. The van der Waals surface area contributed by atoms with Gasteiger partial charge < -0.3 is 5.32 Å². The number of carbonyl (C=O) groups excluding carboxylic acids is 2. The number of benzene rings is 2. The Morgan fingerprint density at radius 3 is 2.54 bits per heavy atom. The van der Waals surface area contributed by atoms with Crippen LogP contribution in [0.3, 0.4) is 0 Å². The number of nitrogens with one attached hydrogen (secondary N) is 2. The van der Waals surface area contributed by atoms with Gasteiger partial charge in [-0.1, -0.05) is 24.3 Å². The largest absolute Gasteiger partial charge is 0.322 e. The first-order valence-electron chi connectivity index (χ1n) is 8.20. The normalized spacial score (nSPS) is 11.2. The van der Waals surface area contributed by atoms with Crippen LogP contribution in [0.2, 0.25) is 0 Å². The fourth-order valence-corrected chi connectivity index (χ4v) is 3.63. The van der Waals surface area contributed by atoms with Gasteiger partial charge in [0.1, 0.15) is 5.82 Å². The van der Waals surface area contributed by atoms with Crippen LogP contribution in [0.15, 0.2) is 69.6 Å². The summed E-state index contributed by atoms with van der Waals surface area (Å²) in [5, 5.41) is 6.77. The standard InChI is InChI=1S/C20H15BrFN3O2S/c1-12(24-25-20(27)17-9-10-18(21)28-17)13-5-4-6-14(11-13)23-19(26)15-7-2-3-8-16(15)22/h2-11H,1H3,(H,23,26)(H,25,27)/b24-12-. The predicted molar refractivity (Wildman–Crippen MR) is 112 cm³/mol. The minimum atomic E-state index is -0.586. The summed E-state index contributed by atoms with van der Waals surface area (Å²) >= 11 is 4.62. The zero-order valence-electron chi connectivity index (χ0n) is 14.7. The quantitative estimate of drug-likeness (QED) is 0.413. The average Bonchev–Trinajstić information content (AvgIpc) is 3.13. The number of hydrazone groups is 1. The molecule has 0 saturated heterocycles. The molecule has 5 nitrogen and oxygen atoms in total. The van der Waals surface area contributed by atoms with Crippen LogP contribution in [-0.2, 0) is 0 Å². The second kappa shape index (κ2) is 8.90. The van der Waals surface area contributed by atoms with E-state index in [0.29, 0.717) is 21.8 Å². The van der Waals surface area contributed by atoms with Crippen LogP contribution in [-0.4, -0.2) is 17.5 Å². The topological polar surface area (TPSA) is 70.6 Å². The second-order valence-electron chi connectivity index (χ2n) is 5.76. The Labute approximate surface area is 173 Å². The molecule has 0 unspecified atom stereocenters. The number of rotatable bonds is 5. The van der Waals surface area contributed by atoms with Gasteiger partial charge in [0.15, 0.2) is 0 Å². The van der Waals surface area contributed by atoms with Gasteiger partial charge in [-0.05, 0) is 64.8 Å². The van der Waals surface area contributed by atoms with E-state index in [0.717, 1.165) is 3.79 Å². The van der Waals surface area contributed by atoms with Crippen molar-refractivity contribution in [1.82, 2.24) is 5.43 Å². The molecular weight excluding hydrogens is 445 g/mol. The maximum absolute atomic E-state index is 13.7. The highest BCUT2D eigenvalue weighted by atomic mass is 79.9. The van der Waals surface area contributed by atoms with Gasteiger partial charge in [-0.15, -0.1) is 11.3 Å². The van der Waals surface area contributed by atoms with Crippen LogP contribution < -0.4 is 10.7 Å². The number of halogens is 2. The average molecular weight is 460 g/mol. The zero-order valence-corrected chi connectivity index (χ0v) is 17.1. The Hall–Kier alpha value is -2.84. The molecule has 2 N–H and O–H groups in total. The number of amides is 2. The van der Waals surface area contributed by atoms with Gasteiger partial charge in [0.05, 0.1) is 19.9 Å². The molecule has 0 aliphatic rings. The Kier molecular flexibility index (Phi) is 6.33. The van der Waals surface area contributed by atoms with Crippen LogP contribution in [0.1, 0.15) is 32.5 Å². The molecule has 0 bridgehead atoms. The molecule has 2 aromatic carbocycles. The van der Waals surface area contributed by atoms with E-state index in [2.05, 4.69) is 31.8 Å². The van der Waals surface area contributed by atoms with E-state index in [1.54, 1.807) is 49.4 Å². The summed E-state index contributed by atoms with van der Waals surface area (Å²) in [5.41, 5.74) is 4.23. The van der Waals surface area contributed by atoms with Crippen molar-refractivity contribution in [3.05, 3.63) is 86.3 Å². The lowest BCUT2D eigenvalue weighted by Crippen LogP contribution is -2.18. The highest BCUT2D eigenvalue weighted by molar-refractivity contribution is 9.11. The Morgan fingerprint density at radius 1 is 1.04 bits per heavy atom. The van der Waals surface area contributed by atoms with E-state index in [1.807, 2.05) is 0 Å². The molecule has 0 fully saturated rings. The molecule has 0 aliphatic heterocycles. The van der Waals surface area contributed by atoms with Crippen LogP contribution in [0.5, 0.6) is 0 Å². The monoisotopic (exact) mass is 459 g/mol. The minimum Gasteiger partial charge on any atom is -0.322 e. The van der Waals surface area contributed by atoms with Crippen molar-refractivity contribution in [2.45, 2.75) is 6.92 Å². The van der Waals surface area contributed by atoms with Crippen molar-refractivity contribution in [2.24, 2.45) is 5.10 Å². The fraction of sp³-hybridized carbons (Fsp3) is 0.0500. The molecule has 0 atom stereocenters. The summed E-state index contributed by atoms with van der Waals surface area (Å²) in [7, 11) is 0. The van der Waals surface area contributed by atoms with Crippen LogP contribution in [0.4, 0.5) is 10.1 Å². The van der Waals surface area contributed by atoms with Crippen LogP contribution >= 0.6 is 27.3 Å². The Morgan fingerprint density at radius 2 is 1.82 bits per heavy atom. The van der Waals surface area contributed by atoms with Gasteiger partial charge in [-0.2, -0.15) is 5.10 Å². The lowest BCUT2D eigenvalue weighted by atomic mass is 10.1. The van der Waals surface area contributed by atoms with E-state index in [4.69, 9.17) is 0 Å². The van der Waals surface area contributed by atoms with E-state index < -0.39 is 11.7 Å². The smallest absolute Gasteiger partial charge is 0.281 e. The first kappa shape index (κ1) is 19.9. The summed E-state index contributed by atoms with van der Waals surface area (Å²) in [4.78, 5) is 24.9. The van der Waals surface area contributed by atoms with Gasteiger partial charge in [0.2, 0.25) is 0 Å². The fourth-order valence-electron chi connectivity index (χ4n) is 2.36. The summed E-state index contributed by atoms with van der Waals surface area (Å²) in [5.74, 6) is -1.43. The van der Waals surface area contributed by atoms with Crippen LogP contribution in [0.25, 0.3) is 0 Å². The van der Waals surface area contributed by atoms with Crippen molar-refractivity contribution < 1.29 is 14.0 Å². The molecule has 1 aromatic heterocycles. The molecule has 0 aliphatic carbocycles. The summed E-state index contributed by atoms with van der Waals surface area (Å²) in [6.45, 7) is 1.74. The third-order valence-corrected chi connectivity index (χ3v) is 5.40. The van der Waals surface area contributed by atoms with Crippen molar-refractivity contribution >= 4 is 50.5 Å². The Balaban J connectivity index is 1.70. The van der Waals surface area contributed by atoms with Gasteiger partial charge in [0.25, 0.3) is 11.8 Å². The van der Waals surface area contributed by atoms with Gasteiger partial charge in [0, 0.05) is 5.69 Å². The van der Waals surface area contributed by atoms with Crippen LogP contribution in [0, 0.1) is 5.82 Å². The maximum atomic E-state index is 13.7. The predicted octanol–water partition coefficient (Wildman–Crippen LogP) is 5.06. The molecule has 1 heterocycles. The van der Waals surface area contributed by atoms with E-state index in [-0.39, 0.29) is 11.5 Å². The highest BCUT2D eigenvalue weighted by Crippen LogP contribution is 2.22. The van der Waals surface area contributed by atoms with Crippen molar-refractivity contribution in [3.8, 4) is 0 Å². The molecule has 28 heavy (non-hydrogen) atoms. The lowest BCUT2D eigenvalue weighted by molar-refractivity contribution is 0.0958. The van der Waals surface area contributed by atoms with Crippen molar-refractivity contribution in [1.29, 1.82) is 0 Å². The molecule has 8 heteroatoms. The number of thiophene rings is 1. The molecule has 142 valence electrons. The molecule has 3 rings (SSSR count). The zero-order chi connectivity index (χ0) is 20.1. The number of anilines is 1. The molecular formula is C20H15BrFN3O2S. The van der Waals surface area contributed by atoms with Gasteiger partial charge in [-0.25, -0.2) is 9.82 Å².